The first-order chi connectivity index (χ1) is 11.3. The molecule has 8 heteroatoms. The van der Waals surface area contributed by atoms with Crippen molar-refractivity contribution in [3.8, 4) is 11.7 Å². The molecule has 0 unspecified atom stereocenters. The van der Waals surface area contributed by atoms with E-state index in [1.807, 2.05) is 0 Å². The van der Waals surface area contributed by atoms with Crippen LogP contribution in [0.1, 0.15) is 12.5 Å². The second-order valence-corrected chi connectivity index (χ2v) is 5.19. The van der Waals surface area contributed by atoms with Crippen LogP contribution in [0.3, 0.4) is 0 Å². The summed E-state index contributed by atoms with van der Waals surface area (Å²) in [5.74, 6) is -3.42. The van der Waals surface area contributed by atoms with Gasteiger partial charge in [-0.3, -0.25) is 9.59 Å². The molecule has 1 aliphatic heterocycles. The maximum Gasteiger partial charge on any atom is 0.351 e. The van der Waals surface area contributed by atoms with Crippen LogP contribution in [0.2, 0.25) is 0 Å². The number of esters is 1. The molecule has 0 aliphatic carbocycles. The third kappa shape index (κ3) is 1.93. The Labute approximate surface area is 134 Å². The number of carbonyl (C=O) groups excluding carboxylic acids is 2. The Morgan fingerprint density at radius 2 is 2.00 bits per heavy atom. The van der Waals surface area contributed by atoms with Gasteiger partial charge in [-0.15, -0.1) is 0 Å². The first-order valence-corrected chi connectivity index (χ1v) is 6.80. The minimum Gasteiger partial charge on any atom is -0.507 e. The van der Waals surface area contributed by atoms with Crippen molar-refractivity contribution in [3.05, 3.63) is 45.8 Å². The van der Waals surface area contributed by atoms with E-state index in [1.165, 1.54) is 25.1 Å². The molecule has 2 N–H and O–H groups in total. The molecule has 8 nitrogen and oxygen atoms in total. The van der Waals surface area contributed by atoms with Crippen molar-refractivity contribution in [3.63, 3.8) is 0 Å². The highest BCUT2D eigenvalue weighted by Crippen LogP contribution is 2.37. The molecule has 1 aromatic carbocycles. The molecule has 1 atom stereocenters. The smallest absolute Gasteiger partial charge is 0.351 e. The predicted molar refractivity (Wildman–Crippen MR) is 79.5 cm³/mol. The number of phenolic OH excluding ortho intramolecular Hbond substituents is 1. The molecular weight excluding hydrogens is 320 g/mol. The minimum absolute atomic E-state index is 0.0358. The van der Waals surface area contributed by atoms with Crippen molar-refractivity contribution < 1.29 is 33.7 Å². The van der Waals surface area contributed by atoms with Gasteiger partial charge in [0, 0.05) is 5.57 Å². The average molecular weight is 332 g/mol. The molecule has 0 spiro atoms. The van der Waals surface area contributed by atoms with Gasteiger partial charge in [-0.2, -0.15) is 0 Å². The Balaban J connectivity index is 2.50. The van der Waals surface area contributed by atoms with E-state index in [0.717, 1.165) is 13.4 Å². The summed E-state index contributed by atoms with van der Waals surface area (Å²) in [4.78, 5) is 37.4. The molecule has 24 heavy (non-hydrogen) atoms. The SMILES string of the molecule is COC(=O)[C@]1(O)C(=O)C(C)=COc2oc3cccc(O)c3c(=O)c21. The number of aromatic hydroxyl groups is 1. The summed E-state index contributed by atoms with van der Waals surface area (Å²) in [7, 11) is 0.957. The van der Waals surface area contributed by atoms with E-state index < -0.39 is 40.0 Å². The summed E-state index contributed by atoms with van der Waals surface area (Å²) >= 11 is 0. The van der Waals surface area contributed by atoms with Crippen LogP contribution >= 0.6 is 0 Å². The third-order valence-corrected chi connectivity index (χ3v) is 3.74. The standard InChI is InChI=1S/C16H12O8/c1-7-6-23-14-11(16(21,13(7)19)15(20)22-2)12(18)10-8(17)4-3-5-9(10)24-14/h3-6,17,21H,1-2H3/t16-/m1/s1. The van der Waals surface area contributed by atoms with Gasteiger partial charge >= 0.3 is 11.9 Å². The van der Waals surface area contributed by atoms with Gasteiger partial charge in [-0.05, 0) is 19.1 Å². The molecule has 0 amide bonds. The van der Waals surface area contributed by atoms with E-state index in [9.17, 15) is 24.6 Å². The van der Waals surface area contributed by atoms with Gasteiger partial charge in [0.15, 0.2) is 0 Å². The zero-order chi connectivity index (χ0) is 17.6. The number of hydrogen-bond donors (Lipinski definition) is 2. The van der Waals surface area contributed by atoms with Crippen LogP contribution in [0, 0.1) is 0 Å². The lowest BCUT2D eigenvalue weighted by Crippen LogP contribution is -2.47. The zero-order valence-electron chi connectivity index (χ0n) is 12.7. The fourth-order valence-corrected chi connectivity index (χ4v) is 2.53. The number of benzene rings is 1. The Kier molecular flexibility index (Phi) is 3.42. The Morgan fingerprint density at radius 3 is 2.67 bits per heavy atom. The average Bonchev–Trinajstić information content (AvgIpc) is 2.65. The normalized spacial score (nSPS) is 20.0. The molecule has 0 bridgehead atoms. The molecule has 1 aliphatic rings. The first kappa shape index (κ1) is 15.8. The number of aliphatic hydroxyl groups is 1. The molecule has 3 rings (SSSR count). The van der Waals surface area contributed by atoms with Gasteiger partial charge < -0.3 is 24.1 Å². The number of carbonyl (C=O) groups is 2. The maximum atomic E-state index is 12.8. The van der Waals surface area contributed by atoms with E-state index in [2.05, 4.69) is 4.74 Å². The molecule has 1 aromatic heterocycles. The van der Waals surface area contributed by atoms with Crippen molar-refractivity contribution >= 4 is 22.7 Å². The lowest BCUT2D eigenvalue weighted by atomic mass is 9.86. The molecule has 0 saturated carbocycles. The largest absolute Gasteiger partial charge is 0.507 e. The summed E-state index contributed by atoms with van der Waals surface area (Å²) in [6.45, 7) is 1.30. The van der Waals surface area contributed by atoms with Crippen LogP contribution < -0.4 is 10.2 Å². The molecule has 2 heterocycles. The number of rotatable bonds is 1. The van der Waals surface area contributed by atoms with E-state index in [-0.39, 0.29) is 16.5 Å². The first-order valence-electron chi connectivity index (χ1n) is 6.80. The highest BCUT2D eigenvalue weighted by molar-refractivity contribution is 6.15. The van der Waals surface area contributed by atoms with E-state index in [0.29, 0.717) is 0 Å². The Bertz CT molecular complexity index is 968. The summed E-state index contributed by atoms with van der Waals surface area (Å²) in [6, 6.07) is 4.05. The lowest BCUT2D eigenvalue weighted by Gasteiger charge is -2.22. The van der Waals surface area contributed by atoms with Crippen LogP contribution in [0.4, 0.5) is 0 Å². The van der Waals surface area contributed by atoms with Gasteiger partial charge in [-0.1, -0.05) is 6.07 Å². The minimum atomic E-state index is -2.95. The molecule has 2 aromatic rings. The van der Waals surface area contributed by atoms with Crippen LogP contribution in [0.25, 0.3) is 11.0 Å². The number of ketones is 1. The van der Waals surface area contributed by atoms with Gasteiger partial charge in [0.25, 0.3) is 5.60 Å². The van der Waals surface area contributed by atoms with Crippen LogP contribution in [0.15, 0.2) is 39.2 Å². The second kappa shape index (κ2) is 5.20. The number of fused-ring (bicyclic) bond motifs is 2. The Hall–Kier alpha value is -3.13. The van der Waals surface area contributed by atoms with Crippen LogP contribution in [-0.4, -0.2) is 29.1 Å². The third-order valence-electron chi connectivity index (χ3n) is 3.74. The molecule has 0 saturated heterocycles. The van der Waals surface area contributed by atoms with Gasteiger partial charge in [0.2, 0.25) is 11.2 Å². The summed E-state index contributed by atoms with van der Waals surface area (Å²) in [5.41, 5.74) is -4.83. The van der Waals surface area contributed by atoms with Gasteiger partial charge in [0.05, 0.1) is 7.11 Å². The maximum absolute atomic E-state index is 12.8. The fourth-order valence-electron chi connectivity index (χ4n) is 2.53. The highest BCUT2D eigenvalue weighted by Gasteiger charge is 2.53. The van der Waals surface area contributed by atoms with Gasteiger partial charge in [-0.25, -0.2) is 4.79 Å². The van der Waals surface area contributed by atoms with Crippen molar-refractivity contribution in [2.45, 2.75) is 12.5 Å². The fraction of sp³-hybridized carbons (Fsp3) is 0.188. The van der Waals surface area contributed by atoms with Crippen molar-refractivity contribution in [2.24, 2.45) is 0 Å². The lowest BCUT2D eigenvalue weighted by molar-refractivity contribution is -0.168. The van der Waals surface area contributed by atoms with Crippen LogP contribution in [0.5, 0.6) is 11.7 Å². The molecule has 0 fully saturated rings. The molecular formula is C16H12O8. The predicted octanol–water partition coefficient (Wildman–Crippen LogP) is 0.724. The quantitative estimate of drug-likeness (QED) is 0.578. The van der Waals surface area contributed by atoms with Crippen molar-refractivity contribution in [2.75, 3.05) is 7.11 Å². The highest BCUT2D eigenvalue weighted by atomic mass is 16.6. The van der Waals surface area contributed by atoms with E-state index >= 15 is 0 Å². The zero-order valence-corrected chi connectivity index (χ0v) is 12.7. The van der Waals surface area contributed by atoms with E-state index in [4.69, 9.17) is 9.15 Å². The van der Waals surface area contributed by atoms with E-state index in [1.54, 1.807) is 0 Å². The number of phenols is 1. The molecule has 0 radical (unpaired) electrons. The monoisotopic (exact) mass is 332 g/mol. The number of methoxy groups -OCH3 is 1. The number of ether oxygens (including phenoxy) is 2. The summed E-state index contributed by atoms with van der Waals surface area (Å²) in [6.07, 6.45) is 0.958. The topological polar surface area (TPSA) is 123 Å². The number of Topliss-reactive ketones (excluding diaryl/α,β-unsaturated/α-hetero) is 1. The molecule has 124 valence electrons. The summed E-state index contributed by atoms with van der Waals surface area (Å²) in [5, 5.41) is 20.4. The van der Waals surface area contributed by atoms with Crippen LogP contribution in [-0.2, 0) is 19.9 Å². The summed E-state index contributed by atoms with van der Waals surface area (Å²) < 4.78 is 15.0. The number of hydrogen-bond acceptors (Lipinski definition) is 8. The second-order valence-electron chi connectivity index (χ2n) is 5.19. The van der Waals surface area contributed by atoms with Crippen molar-refractivity contribution in [1.29, 1.82) is 0 Å². The van der Waals surface area contributed by atoms with Gasteiger partial charge in [0.1, 0.15) is 28.5 Å². The van der Waals surface area contributed by atoms with Crippen molar-refractivity contribution in [1.82, 2.24) is 0 Å². The Morgan fingerprint density at radius 1 is 1.29 bits per heavy atom.